The second-order valence-corrected chi connectivity index (χ2v) is 7.90. The molecule has 4 atom stereocenters. The molecule has 3 amide bonds. The van der Waals surface area contributed by atoms with Crippen molar-refractivity contribution in [1.29, 1.82) is 0 Å². The van der Waals surface area contributed by atoms with Crippen molar-refractivity contribution in [3.05, 3.63) is 0 Å². The van der Waals surface area contributed by atoms with Crippen LogP contribution < -0.4 is 27.4 Å². The number of carbonyl (C=O) groups excluding carboxylic acids is 3. The fourth-order valence-electron chi connectivity index (χ4n) is 2.28. The van der Waals surface area contributed by atoms with Gasteiger partial charge in [-0.05, 0) is 44.7 Å². The zero-order chi connectivity index (χ0) is 22.4. The van der Waals surface area contributed by atoms with Crippen LogP contribution in [0.25, 0.3) is 0 Å². The van der Waals surface area contributed by atoms with E-state index in [0.29, 0.717) is 25.1 Å². The van der Waals surface area contributed by atoms with Crippen molar-refractivity contribution in [2.75, 3.05) is 24.3 Å². The highest BCUT2D eigenvalue weighted by Gasteiger charge is 2.27. The molecule has 0 rings (SSSR count). The standard InChI is InChI=1S/C17H33N5O5S2/c1-10(14(23)21-12(17(26)27)6-8-29-2)20-16(25)13(9-28)22-15(24)11(19)5-3-4-7-18/h10-13,28H,3-9,18-19H2,1-2H3,(H,20,25)(H,21,23)(H,22,24)(H,26,27). The predicted octanol–water partition coefficient (Wildman–Crippen LogP) is -1.32. The molecule has 12 heteroatoms. The molecule has 0 saturated carbocycles. The van der Waals surface area contributed by atoms with Crippen molar-refractivity contribution >= 4 is 48.1 Å². The van der Waals surface area contributed by atoms with Crippen LogP contribution >= 0.6 is 24.4 Å². The molecule has 0 aromatic rings. The number of aliphatic carboxylic acids is 1. The summed E-state index contributed by atoms with van der Waals surface area (Å²) in [4.78, 5) is 47.9. The fraction of sp³-hybridized carbons (Fsp3) is 0.765. The van der Waals surface area contributed by atoms with E-state index in [1.54, 1.807) is 0 Å². The summed E-state index contributed by atoms with van der Waals surface area (Å²) >= 11 is 5.53. The lowest BCUT2D eigenvalue weighted by atomic mass is 10.1. The number of rotatable bonds is 15. The van der Waals surface area contributed by atoms with Gasteiger partial charge < -0.3 is 32.5 Å². The molecular weight excluding hydrogens is 418 g/mol. The van der Waals surface area contributed by atoms with Crippen LogP contribution in [-0.4, -0.2) is 77.3 Å². The van der Waals surface area contributed by atoms with Gasteiger partial charge in [0.15, 0.2) is 0 Å². The van der Waals surface area contributed by atoms with E-state index >= 15 is 0 Å². The highest BCUT2D eigenvalue weighted by Crippen LogP contribution is 2.02. The van der Waals surface area contributed by atoms with E-state index in [9.17, 15) is 24.3 Å². The van der Waals surface area contributed by atoms with E-state index in [0.717, 1.165) is 6.42 Å². The Balaban J connectivity index is 4.68. The molecule has 10 nitrogen and oxygen atoms in total. The van der Waals surface area contributed by atoms with Crippen LogP contribution in [0.15, 0.2) is 0 Å². The van der Waals surface area contributed by atoms with E-state index in [2.05, 4.69) is 28.6 Å². The Labute approximate surface area is 181 Å². The van der Waals surface area contributed by atoms with Gasteiger partial charge in [-0.3, -0.25) is 14.4 Å². The van der Waals surface area contributed by atoms with Crippen LogP contribution in [0.4, 0.5) is 0 Å². The number of hydrogen-bond acceptors (Lipinski definition) is 8. The van der Waals surface area contributed by atoms with E-state index in [-0.39, 0.29) is 12.2 Å². The first kappa shape index (κ1) is 27.5. The maximum absolute atomic E-state index is 12.4. The normalized spacial score (nSPS) is 14.9. The summed E-state index contributed by atoms with van der Waals surface area (Å²) in [5.41, 5.74) is 11.2. The molecule has 0 aliphatic carbocycles. The summed E-state index contributed by atoms with van der Waals surface area (Å²) in [5, 5.41) is 16.5. The van der Waals surface area contributed by atoms with E-state index in [1.165, 1.54) is 18.7 Å². The summed E-state index contributed by atoms with van der Waals surface area (Å²) in [6.45, 7) is 1.94. The van der Waals surface area contributed by atoms with Crippen LogP contribution in [-0.2, 0) is 19.2 Å². The molecule has 0 spiro atoms. The number of thioether (sulfide) groups is 1. The number of nitrogens with two attached hydrogens (primary N) is 2. The van der Waals surface area contributed by atoms with Gasteiger partial charge in [0.25, 0.3) is 0 Å². The number of unbranched alkanes of at least 4 members (excludes halogenated alkanes) is 1. The number of thiol groups is 1. The van der Waals surface area contributed by atoms with Gasteiger partial charge in [0.2, 0.25) is 17.7 Å². The van der Waals surface area contributed by atoms with Gasteiger partial charge in [0.05, 0.1) is 6.04 Å². The second-order valence-electron chi connectivity index (χ2n) is 6.55. The maximum atomic E-state index is 12.4. The van der Waals surface area contributed by atoms with E-state index in [1.807, 2.05) is 6.26 Å². The number of carboxylic acids is 1. The highest BCUT2D eigenvalue weighted by molar-refractivity contribution is 7.98. The van der Waals surface area contributed by atoms with Crippen LogP contribution in [0.3, 0.4) is 0 Å². The van der Waals surface area contributed by atoms with Crippen LogP contribution in [0.5, 0.6) is 0 Å². The Morgan fingerprint density at radius 2 is 1.62 bits per heavy atom. The molecule has 29 heavy (non-hydrogen) atoms. The van der Waals surface area contributed by atoms with Gasteiger partial charge in [-0.2, -0.15) is 24.4 Å². The number of carboxylic acid groups (broad SMARTS) is 1. The van der Waals surface area contributed by atoms with Gasteiger partial charge in [-0.25, -0.2) is 4.79 Å². The first-order valence-corrected chi connectivity index (χ1v) is 11.4. The number of nitrogens with one attached hydrogen (secondary N) is 3. The minimum atomic E-state index is -1.14. The smallest absolute Gasteiger partial charge is 0.326 e. The lowest BCUT2D eigenvalue weighted by Gasteiger charge is -2.22. The largest absolute Gasteiger partial charge is 0.480 e. The molecule has 8 N–H and O–H groups in total. The number of hydrogen-bond donors (Lipinski definition) is 7. The van der Waals surface area contributed by atoms with Gasteiger partial charge in [0.1, 0.15) is 18.1 Å². The van der Waals surface area contributed by atoms with E-state index in [4.69, 9.17) is 11.5 Å². The van der Waals surface area contributed by atoms with E-state index < -0.39 is 47.9 Å². The van der Waals surface area contributed by atoms with Gasteiger partial charge in [-0.1, -0.05) is 6.42 Å². The third kappa shape index (κ3) is 11.3. The Bertz CT molecular complexity index is 552. The Hall–Kier alpha value is -1.50. The first-order chi connectivity index (χ1) is 13.7. The fourth-order valence-corrected chi connectivity index (χ4v) is 3.01. The maximum Gasteiger partial charge on any atom is 0.326 e. The zero-order valence-electron chi connectivity index (χ0n) is 16.8. The first-order valence-electron chi connectivity index (χ1n) is 9.37. The van der Waals surface area contributed by atoms with Crippen molar-refractivity contribution in [2.24, 2.45) is 11.5 Å². The van der Waals surface area contributed by atoms with Gasteiger partial charge >= 0.3 is 5.97 Å². The Morgan fingerprint density at radius 3 is 2.14 bits per heavy atom. The van der Waals surface area contributed by atoms with Gasteiger partial charge in [-0.15, -0.1) is 0 Å². The molecule has 0 saturated heterocycles. The monoisotopic (exact) mass is 451 g/mol. The molecule has 0 bridgehead atoms. The van der Waals surface area contributed by atoms with Crippen molar-refractivity contribution in [3.63, 3.8) is 0 Å². The van der Waals surface area contributed by atoms with Crippen LogP contribution in [0.2, 0.25) is 0 Å². The third-order valence-electron chi connectivity index (χ3n) is 4.10. The van der Waals surface area contributed by atoms with Crippen LogP contribution in [0.1, 0.15) is 32.6 Å². The second kappa shape index (κ2) is 15.4. The summed E-state index contributed by atoms with van der Waals surface area (Å²) in [7, 11) is 0. The minimum Gasteiger partial charge on any atom is -0.480 e. The number of amides is 3. The summed E-state index contributed by atoms with van der Waals surface area (Å²) < 4.78 is 0. The Kier molecular flexibility index (Phi) is 14.6. The summed E-state index contributed by atoms with van der Waals surface area (Å²) in [6, 6.07) is -3.78. The quantitative estimate of drug-likeness (QED) is 0.118. The molecule has 0 aliphatic heterocycles. The zero-order valence-corrected chi connectivity index (χ0v) is 18.6. The molecule has 0 aliphatic rings. The molecular formula is C17H33N5O5S2. The average Bonchev–Trinajstić information content (AvgIpc) is 2.68. The SMILES string of the molecule is CSCCC(NC(=O)C(C)NC(=O)C(CS)NC(=O)C(N)CCCCN)C(=O)O. The molecule has 0 aromatic heterocycles. The lowest BCUT2D eigenvalue weighted by molar-refractivity contribution is -0.142. The molecule has 0 radical (unpaired) electrons. The van der Waals surface area contributed by atoms with Crippen molar-refractivity contribution < 1.29 is 24.3 Å². The molecule has 0 fully saturated rings. The summed E-state index contributed by atoms with van der Waals surface area (Å²) in [6.07, 6.45) is 3.98. The van der Waals surface area contributed by atoms with Crippen molar-refractivity contribution in [1.82, 2.24) is 16.0 Å². The van der Waals surface area contributed by atoms with Crippen LogP contribution in [0, 0.1) is 0 Å². The molecule has 4 unspecified atom stereocenters. The Morgan fingerprint density at radius 1 is 1.00 bits per heavy atom. The lowest BCUT2D eigenvalue weighted by Crippen LogP contribution is -2.56. The topological polar surface area (TPSA) is 177 Å². The third-order valence-corrected chi connectivity index (χ3v) is 5.11. The van der Waals surface area contributed by atoms with Gasteiger partial charge in [0, 0.05) is 5.75 Å². The average molecular weight is 452 g/mol. The molecule has 0 aromatic carbocycles. The minimum absolute atomic E-state index is 0.00685. The molecule has 0 heterocycles. The predicted molar refractivity (Wildman–Crippen MR) is 117 cm³/mol. The molecule has 168 valence electrons. The summed E-state index contributed by atoms with van der Waals surface area (Å²) in [5.74, 6) is -2.30. The number of carbonyl (C=O) groups is 4. The highest BCUT2D eigenvalue weighted by atomic mass is 32.2. The van der Waals surface area contributed by atoms with Crippen molar-refractivity contribution in [2.45, 2.75) is 56.8 Å². The van der Waals surface area contributed by atoms with Crippen molar-refractivity contribution in [3.8, 4) is 0 Å².